The largest absolute Gasteiger partial charge is 0.508 e. The molecule has 4 fully saturated rings. The first-order valence-electron chi connectivity index (χ1n) is 17.1. The summed E-state index contributed by atoms with van der Waals surface area (Å²) in [6, 6.07) is 6.54. The van der Waals surface area contributed by atoms with E-state index >= 15 is 0 Å². The highest BCUT2D eigenvalue weighted by Crippen LogP contribution is 2.48. The SMILES string of the molecule is C#Cc1c(F)ccc2cc(O)cc([C@H]3COc4c(nc(OCC56CCCN5CCC6)nc4N4C[C@@H]5CC(C)(C)[C@H](C4)N5C(=O)C=C)C3)c12. The number of hydrogen-bond acceptors (Lipinski definition) is 8. The molecular formula is C38H42FN5O4. The van der Waals surface area contributed by atoms with E-state index in [-0.39, 0.29) is 52.8 Å². The first kappa shape index (κ1) is 30.9. The zero-order valence-electron chi connectivity index (χ0n) is 27.7. The Kier molecular flexibility index (Phi) is 7.33. The molecule has 5 aliphatic heterocycles. The van der Waals surface area contributed by atoms with Crippen LogP contribution < -0.4 is 14.4 Å². The lowest BCUT2D eigenvalue weighted by atomic mass is 9.84. The number of benzene rings is 2. The van der Waals surface area contributed by atoms with E-state index in [1.54, 1.807) is 18.2 Å². The molecule has 0 radical (unpaired) electrons. The maximum Gasteiger partial charge on any atom is 0.318 e. The number of halogens is 1. The summed E-state index contributed by atoms with van der Waals surface area (Å²) in [5.41, 5.74) is 1.53. The lowest BCUT2D eigenvalue weighted by Gasteiger charge is -2.43. The van der Waals surface area contributed by atoms with E-state index in [2.05, 4.69) is 36.1 Å². The van der Waals surface area contributed by atoms with Crippen molar-refractivity contribution in [3.05, 3.63) is 59.6 Å². The molecule has 0 saturated carbocycles. The number of aromatic nitrogens is 2. The fraction of sp³-hybridized carbons (Fsp3) is 0.500. The van der Waals surface area contributed by atoms with Crippen LogP contribution in [-0.4, -0.2) is 87.8 Å². The van der Waals surface area contributed by atoms with Gasteiger partial charge in [-0.15, -0.1) is 6.42 Å². The molecule has 2 bridgehead atoms. The van der Waals surface area contributed by atoms with Crippen molar-refractivity contribution in [3.63, 3.8) is 0 Å². The number of rotatable bonds is 6. The Hall–Kier alpha value is -4.36. The topological polar surface area (TPSA) is 91.3 Å². The molecule has 9 nitrogen and oxygen atoms in total. The molecule has 10 heteroatoms. The van der Waals surface area contributed by atoms with E-state index in [0.717, 1.165) is 32.4 Å². The van der Waals surface area contributed by atoms with Crippen LogP contribution in [0.3, 0.4) is 0 Å². The normalized spacial score (nSPS) is 25.3. The summed E-state index contributed by atoms with van der Waals surface area (Å²) in [7, 11) is 0. The van der Waals surface area contributed by atoms with Gasteiger partial charge in [0.25, 0.3) is 0 Å². The second-order valence-electron chi connectivity index (χ2n) is 14.9. The molecular weight excluding hydrogens is 609 g/mol. The van der Waals surface area contributed by atoms with Crippen LogP contribution in [0.15, 0.2) is 36.9 Å². The Bertz CT molecular complexity index is 1860. The minimum absolute atomic E-state index is 0.00994. The average Bonchev–Trinajstić information content (AvgIpc) is 3.70. The van der Waals surface area contributed by atoms with Gasteiger partial charge in [0, 0.05) is 30.8 Å². The van der Waals surface area contributed by atoms with E-state index in [0.29, 0.717) is 65.7 Å². The van der Waals surface area contributed by atoms with Gasteiger partial charge in [0.15, 0.2) is 11.6 Å². The zero-order valence-corrected chi connectivity index (χ0v) is 27.7. The van der Waals surface area contributed by atoms with Gasteiger partial charge in [0.1, 0.15) is 18.2 Å². The Balaban J connectivity index is 1.18. The number of carbonyl (C=O) groups is 1. The fourth-order valence-corrected chi connectivity index (χ4v) is 9.39. The molecule has 3 atom stereocenters. The Labute approximate surface area is 280 Å². The van der Waals surface area contributed by atoms with Crippen LogP contribution in [0.25, 0.3) is 10.8 Å². The molecule has 4 saturated heterocycles. The van der Waals surface area contributed by atoms with Crippen molar-refractivity contribution in [2.45, 2.75) is 75.9 Å². The Morgan fingerprint density at radius 2 is 2.02 bits per heavy atom. The van der Waals surface area contributed by atoms with E-state index in [1.807, 2.05) is 4.90 Å². The molecule has 3 aromatic rings. The summed E-state index contributed by atoms with van der Waals surface area (Å²) in [5.74, 6) is 3.11. The number of amides is 1. The van der Waals surface area contributed by atoms with Crippen molar-refractivity contribution in [2.75, 3.05) is 44.3 Å². The number of carbonyl (C=O) groups excluding carboxylic acids is 1. The Morgan fingerprint density at radius 3 is 2.75 bits per heavy atom. The van der Waals surface area contributed by atoms with Gasteiger partial charge in [-0.2, -0.15) is 9.97 Å². The number of fused-ring (bicyclic) bond motifs is 5. The van der Waals surface area contributed by atoms with E-state index in [9.17, 15) is 14.3 Å². The minimum atomic E-state index is -0.478. The second-order valence-corrected chi connectivity index (χ2v) is 14.9. The molecule has 2 aromatic carbocycles. The lowest BCUT2D eigenvalue weighted by molar-refractivity contribution is -0.130. The molecule has 0 unspecified atom stereocenters. The number of aromatic hydroxyl groups is 1. The molecule has 48 heavy (non-hydrogen) atoms. The van der Waals surface area contributed by atoms with Gasteiger partial charge in [-0.05, 0) is 85.8 Å². The lowest BCUT2D eigenvalue weighted by Crippen LogP contribution is -2.57. The maximum absolute atomic E-state index is 14.9. The summed E-state index contributed by atoms with van der Waals surface area (Å²) in [6.45, 7) is 12.4. The quantitative estimate of drug-likeness (QED) is 0.288. The van der Waals surface area contributed by atoms with E-state index in [1.165, 1.54) is 25.0 Å². The third-order valence-electron chi connectivity index (χ3n) is 11.7. The summed E-state index contributed by atoms with van der Waals surface area (Å²) in [5, 5.41) is 11.9. The summed E-state index contributed by atoms with van der Waals surface area (Å²) in [6.07, 6.45) is 13.1. The first-order valence-corrected chi connectivity index (χ1v) is 17.1. The van der Waals surface area contributed by atoms with E-state index in [4.69, 9.17) is 25.9 Å². The second kappa shape index (κ2) is 11.4. The van der Waals surface area contributed by atoms with Gasteiger partial charge in [-0.1, -0.05) is 32.4 Å². The van der Waals surface area contributed by atoms with Crippen LogP contribution in [0, 0.1) is 23.6 Å². The van der Waals surface area contributed by atoms with Gasteiger partial charge in [-0.3, -0.25) is 9.69 Å². The maximum atomic E-state index is 14.9. The predicted molar refractivity (Wildman–Crippen MR) is 181 cm³/mol. The number of hydrogen-bond donors (Lipinski definition) is 1. The van der Waals surface area contributed by atoms with Crippen LogP contribution in [0.2, 0.25) is 0 Å². The standard InChI is InChI=1S/C38H42FN5O4/c1-5-27-29(39)10-9-23-15-26(45)17-28(33(23)27)24-16-30-34(47-21-24)35(41-36(40-30)48-22-38-11-7-13-43(38)14-8-12-38)42-19-25-18-37(3,4)31(20-42)44(25)32(46)6-2/h1,6,9-10,15,17,24-25,31,45H,2,7-8,11-14,16,18-22H2,3-4H3/t24-,25+,31+/m1/s1. The number of ether oxygens (including phenoxy) is 2. The number of nitrogens with zero attached hydrogens (tertiary/aromatic N) is 5. The van der Waals surface area contributed by atoms with Crippen LogP contribution in [-0.2, 0) is 11.2 Å². The third kappa shape index (κ3) is 4.89. The van der Waals surface area contributed by atoms with Gasteiger partial charge < -0.3 is 24.4 Å². The highest BCUT2D eigenvalue weighted by Gasteiger charge is 2.53. The van der Waals surface area contributed by atoms with Crippen molar-refractivity contribution in [1.82, 2.24) is 19.8 Å². The van der Waals surface area contributed by atoms with Crippen molar-refractivity contribution < 1.29 is 23.8 Å². The molecule has 1 N–H and O–H groups in total. The average molecular weight is 652 g/mol. The number of phenols is 1. The highest BCUT2D eigenvalue weighted by molar-refractivity contribution is 5.93. The van der Waals surface area contributed by atoms with Crippen molar-refractivity contribution in [2.24, 2.45) is 5.41 Å². The van der Waals surface area contributed by atoms with Gasteiger partial charge in [0.05, 0.1) is 35.5 Å². The fourth-order valence-electron chi connectivity index (χ4n) is 9.39. The minimum Gasteiger partial charge on any atom is -0.508 e. The Morgan fingerprint density at radius 1 is 1.23 bits per heavy atom. The first-order chi connectivity index (χ1) is 23.1. The number of phenolic OH excluding ortho intramolecular Hbond substituents is 1. The van der Waals surface area contributed by atoms with Gasteiger partial charge >= 0.3 is 6.01 Å². The summed E-state index contributed by atoms with van der Waals surface area (Å²) >= 11 is 0. The molecule has 1 aromatic heterocycles. The van der Waals surface area contributed by atoms with Crippen molar-refractivity contribution in [1.29, 1.82) is 0 Å². The summed E-state index contributed by atoms with van der Waals surface area (Å²) < 4.78 is 28.0. The highest BCUT2D eigenvalue weighted by atomic mass is 19.1. The van der Waals surface area contributed by atoms with Crippen molar-refractivity contribution in [3.8, 4) is 29.9 Å². The smallest absolute Gasteiger partial charge is 0.318 e. The molecule has 1 amide bonds. The molecule has 8 rings (SSSR count). The molecule has 250 valence electrons. The molecule has 0 aliphatic carbocycles. The predicted octanol–water partition coefficient (Wildman–Crippen LogP) is 5.18. The number of piperazine rings is 1. The van der Waals surface area contributed by atoms with Crippen molar-refractivity contribution >= 4 is 22.5 Å². The van der Waals surface area contributed by atoms with Crippen LogP contribution in [0.4, 0.5) is 10.2 Å². The molecule has 6 heterocycles. The third-order valence-corrected chi connectivity index (χ3v) is 11.7. The number of terminal acetylenes is 1. The van der Waals surface area contributed by atoms with Gasteiger partial charge in [-0.25, -0.2) is 4.39 Å². The van der Waals surface area contributed by atoms with E-state index < -0.39 is 5.82 Å². The van der Waals surface area contributed by atoms with Gasteiger partial charge in [0.2, 0.25) is 5.91 Å². The zero-order chi connectivity index (χ0) is 33.4. The van der Waals surface area contributed by atoms with Crippen LogP contribution in [0.5, 0.6) is 17.5 Å². The monoisotopic (exact) mass is 651 g/mol. The van der Waals surface area contributed by atoms with Crippen LogP contribution in [0.1, 0.15) is 68.7 Å². The van der Waals surface area contributed by atoms with Crippen LogP contribution >= 0.6 is 0 Å². The molecule has 0 spiro atoms. The number of anilines is 1. The molecule has 5 aliphatic rings. The summed E-state index contributed by atoms with van der Waals surface area (Å²) in [4.78, 5) is 29.7.